The molecule has 2 aromatic rings. The molecule has 144 valence electrons. The number of aryl methyl sites for hydroxylation is 3. The van der Waals surface area contributed by atoms with Crippen molar-refractivity contribution in [3.05, 3.63) is 57.4 Å². The molecule has 0 aliphatic rings. The minimum Gasteiger partial charge on any atom is -0.459 e. The van der Waals surface area contributed by atoms with Crippen molar-refractivity contribution in [2.24, 2.45) is 0 Å². The van der Waals surface area contributed by atoms with Gasteiger partial charge in [0.1, 0.15) is 5.69 Å². The van der Waals surface area contributed by atoms with Gasteiger partial charge in [0.25, 0.3) is 0 Å². The minimum absolute atomic E-state index is 0.149. The first-order valence-corrected chi connectivity index (χ1v) is 8.79. The highest BCUT2D eigenvalue weighted by molar-refractivity contribution is 6.01. The minimum atomic E-state index is -0.684. The van der Waals surface area contributed by atoms with Crippen molar-refractivity contribution >= 4 is 17.7 Å². The Kier molecular flexibility index (Phi) is 6.20. The van der Waals surface area contributed by atoms with Crippen LogP contribution >= 0.6 is 0 Å². The van der Waals surface area contributed by atoms with E-state index in [0.717, 1.165) is 11.1 Å². The smallest absolute Gasteiger partial charge is 0.355 e. The number of hydrogen-bond acceptors (Lipinski definition) is 5. The first-order chi connectivity index (χ1) is 12.6. The Morgan fingerprint density at radius 2 is 1.67 bits per heavy atom. The summed E-state index contributed by atoms with van der Waals surface area (Å²) in [6.07, 6.45) is -0.266. The van der Waals surface area contributed by atoms with E-state index in [1.807, 2.05) is 19.9 Å². The van der Waals surface area contributed by atoms with Gasteiger partial charge in [-0.1, -0.05) is 12.1 Å². The Hall–Kier alpha value is -2.89. The van der Waals surface area contributed by atoms with Crippen LogP contribution in [0, 0.1) is 27.7 Å². The molecule has 0 radical (unpaired) electrons. The number of H-pyrrole nitrogens is 1. The van der Waals surface area contributed by atoms with Crippen molar-refractivity contribution in [1.82, 2.24) is 4.98 Å². The third kappa shape index (κ3) is 4.64. The standard InChI is InChI=1S/C21H25NO5/c1-11(2)27-20(24)18-14(5)19(22-15(18)6)21(25)26-10-17(23)16-8-7-12(3)13(4)9-16/h7-9,11,22H,10H2,1-6H3. The fraction of sp³-hybridized carbons (Fsp3) is 0.381. The molecule has 0 saturated carbocycles. The monoisotopic (exact) mass is 371 g/mol. The molecule has 0 atom stereocenters. The van der Waals surface area contributed by atoms with Crippen molar-refractivity contribution in [1.29, 1.82) is 0 Å². The van der Waals surface area contributed by atoms with Crippen LogP contribution in [0.15, 0.2) is 18.2 Å². The molecule has 0 fully saturated rings. The van der Waals surface area contributed by atoms with Crippen LogP contribution in [0.1, 0.15) is 67.4 Å². The Balaban J connectivity index is 2.11. The number of nitrogens with one attached hydrogen (secondary N) is 1. The van der Waals surface area contributed by atoms with Crippen LogP contribution in [0.4, 0.5) is 0 Å². The molecular weight excluding hydrogens is 346 g/mol. The maximum absolute atomic E-state index is 12.4. The summed E-state index contributed by atoms with van der Waals surface area (Å²) in [5.74, 6) is -1.47. The molecule has 1 N–H and O–H groups in total. The maximum Gasteiger partial charge on any atom is 0.355 e. The number of esters is 2. The number of carbonyl (C=O) groups is 3. The summed E-state index contributed by atoms with van der Waals surface area (Å²) < 4.78 is 10.4. The third-order valence-electron chi connectivity index (χ3n) is 4.35. The van der Waals surface area contributed by atoms with E-state index in [1.54, 1.807) is 39.8 Å². The van der Waals surface area contributed by atoms with E-state index in [1.165, 1.54) is 0 Å². The van der Waals surface area contributed by atoms with Crippen molar-refractivity contribution in [3.63, 3.8) is 0 Å². The van der Waals surface area contributed by atoms with Gasteiger partial charge < -0.3 is 14.5 Å². The van der Waals surface area contributed by atoms with Crippen LogP contribution < -0.4 is 0 Å². The number of Topliss-reactive ketones (excluding diaryl/α,β-unsaturated/α-hetero) is 1. The first kappa shape index (κ1) is 20.4. The second-order valence-electron chi connectivity index (χ2n) is 6.88. The van der Waals surface area contributed by atoms with Crippen LogP contribution in [0.3, 0.4) is 0 Å². The van der Waals surface area contributed by atoms with Crippen LogP contribution in [-0.4, -0.2) is 35.4 Å². The van der Waals surface area contributed by atoms with Crippen molar-refractivity contribution in [2.45, 2.75) is 47.6 Å². The van der Waals surface area contributed by atoms with E-state index >= 15 is 0 Å². The van der Waals surface area contributed by atoms with E-state index in [9.17, 15) is 14.4 Å². The highest BCUT2D eigenvalue weighted by Gasteiger charge is 2.25. The summed E-state index contributed by atoms with van der Waals surface area (Å²) in [7, 11) is 0. The van der Waals surface area contributed by atoms with Crippen LogP contribution in [0.25, 0.3) is 0 Å². The fourth-order valence-corrected chi connectivity index (χ4v) is 2.73. The predicted octanol–water partition coefficient (Wildman–Crippen LogP) is 3.85. The topological polar surface area (TPSA) is 85.5 Å². The molecule has 0 saturated heterocycles. The van der Waals surface area contributed by atoms with Crippen molar-refractivity contribution < 1.29 is 23.9 Å². The van der Waals surface area contributed by atoms with E-state index in [4.69, 9.17) is 9.47 Å². The summed E-state index contributed by atoms with van der Waals surface area (Å²) in [4.78, 5) is 39.7. The molecular formula is C21H25NO5. The molecule has 0 amide bonds. The highest BCUT2D eigenvalue weighted by Crippen LogP contribution is 2.20. The van der Waals surface area contributed by atoms with Gasteiger partial charge in [-0.05, 0) is 64.3 Å². The Morgan fingerprint density at radius 1 is 1.00 bits per heavy atom. The Bertz CT molecular complexity index is 892. The SMILES string of the molecule is Cc1ccc(C(=O)COC(=O)c2[nH]c(C)c(C(=O)OC(C)C)c2C)cc1C. The number of rotatable bonds is 6. The second-order valence-corrected chi connectivity index (χ2v) is 6.88. The van der Waals surface area contributed by atoms with Crippen molar-refractivity contribution in [2.75, 3.05) is 6.61 Å². The number of ketones is 1. The number of aromatic amines is 1. The molecule has 0 aliphatic carbocycles. The number of aromatic nitrogens is 1. The van der Waals surface area contributed by atoms with Gasteiger partial charge in [0.15, 0.2) is 12.4 Å². The largest absolute Gasteiger partial charge is 0.459 e. The molecule has 1 aromatic carbocycles. The lowest BCUT2D eigenvalue weighted by molar-refractivity contribution is 0.0376. The van der Waals surface area contributed by atoms with Gasteiger partial charge in [-0.25, -0.2) is 9.59 Å². The summed E-state index contributed by atoms with van der Waals surface area (Å²) in [6.45, 7) is 10.3. The lowest BCUT2D eigenvalue weighted by atomic mass is 10.0. The van der Waals surface area contributed by atoms with Crippen LogP contribution in [-0.2, 0) is 9.47 Å². The van der Waals surface area contributed by atoms with E-state index in [2.05, 4.69) is 4.98 Å². The third-order valence-corrected chi connectivity index (χ3v) is 4.35. The van der Waals surface area contributed by atoms with Gasteiger partial charge in [-0.3, -0.25) is 4.79 Å². The van der Waals surface area contributed by atoms with Gasteiger partial charge in [-0.2, -0.15) is 0 Å². The summed E-state index contributed by atoms with van der Waals surface area (Å²) >= 11 is 0. The van der Waals surface area contributed by atoms with Gasteiger partial charge in [0.2, 0.25) is 0 Å². The molecule has 6 heteroatoms. The molecule has 1 heterocycles. The zero-order valence-corrected chi connectivity index (χ0v) is 16.6. The molecule has 27 heavy (non-hydrogen) atoms. The summed E-state index contributed by atoms with van der Waals surface area (Å²) in [5.41, 5.74) is 4.00. The average Bonchev–Trinajstić information content (AvgIpc) is 2.88. The molecule has 2 rings (SSSR count). The number of carbonyl (C=O) groups excluding carboxylic acids is 3. The Morgan fingerprint density at radius 3 is 2.26 bits per heavy atom. The van der Waals surface area contributed by atoms with Gasteiger partial charge in [0, 0.05) is 11.3 Å². The quantitative estimate of drug-likeness (QED) is 0.616. The number of ether oxygens (including phenoxy) is 2. The lowest BCUT2D eigenvalue weighted by Gasteiger charge is -2.08. The van der Waals surface area contributed by atoms with Crippen molar-refractivity contribution in [3.8, 4) is 0 Å². The fourth-order valence-electron chi connectivity index (χ4n) is 2.73. The molecule has 1 aromatic heterocycles. The van der Waals surface area contributed by atoms with Crippen LogP contribution in [0.2, 0.25) is 0 Å². The first-order valence-electron chi connectivity index (χ1n) is 8.79. The zero-order valence-electron chi connectivity index (χ0n) is 16.6. The number of hydrogen-bond donors (Lipinski definition) is 1. The van der Waals surface area contributed by atoms with E-state index in [0.29, 0.717) is 22.4 Å². The number of benzene rings is 1. The normalized spacial score (nSPS) is 10.8. The Labute approximate surface area is 158 Å². The summed E-state index contributed by atoms with van der Waals surface area (Å²) in [6, 6.07) is 5.34. The second kappa shape index (κ2) is 8.20. The van der Waals surface area contributed by atoms with Gasteiger partial charge >= 0.3 is 11.9 Å². The molecule has 0 aliphatic heterocycles. The average molecular weight is 371 g/mol. The predicted molar refractivity (Wildman–Crippen MR) is 101 cm³/mol. The van der Waals surface area contributed by atoms with Gasteiger partial charge in [0.05, 0.1) is 11.7 Å². The van der Waals surface area contributed by atoms with E-state index < -0.39 is 11.9 Å². The molecule has 0 bridgehead atoms. The van der Waals surface area contributed by atoms with E-state index in [-0.39, 0.29) is 24.2 Å². The zero-order chi connectivity index (χ0) is 20.3. The lowest BCUT2D eigenvalue weighted by Crippen LogP contribution is -2.16. The van der Waals surface area contributed by atoms with Gasteiger partial charge in [-0.15, -0.1) is 0 Å². The highest BCUT2D eigenvalue weighted by atomic mass is 16.5. The molecule has 0 unspecified atom stereocenters. The van der Waals surface area contributed by atoms with Crippen LogP contribution in [0.5, 0.6) is 0 Å². The summed E-state index contributed by atoms with van der Waals surface area (Å²) in [5, 5.41) is 0. The molecule has 0 spiro atoms. The molecule has 6 nitrogen and oxygen atoms in total. The maximum atomic E-state index is 12.4.